The van der Waals surface area contributed by atoms with Crippen molar-refractivity contribution in [1.29, 1.82) is 0 Å². The van der Waals surface area contributed by atoms with Gasteiger partial charge in [0, 0.05) is 32.8 Å². The highest BCUT2D eigenvalue weighted by Gasteiger charge is 2.39. The van der Waals surface area contributed by atoms with Crippen LogP contribution in [0.4, 0.5) is 0 Å². The molecule has 2 heterocycles. The lowest BCUT2D eigenvalue weighted by Gasteiger charge is -2.42. The molecule has 0 aromatic heterocycles. The first-order valence-corrected chi connectivity index (χ1v) is 10.3. The standard InChI is InChI=1S/C20H37N3O3/c1-14(2)11-17-19(25)23(10-7-21-17)18(12-15(3)4)20(26)22-8-5-16(13-24)6-9-22/h14-18,21,24H,5-13H2,1-4H3/t17-,18?/m0/s1. The molecular weight excluding hydrogens is 330 g/mol. The average molecular weight is 368 g/mol. The van der Waals surface area contributed by atoms with Crippen molar-refractivity contribution in [3.05, 3.63) is 0 Å². The predicted octanol–water partition coefficient (Wildman–Crippen LogP) is 1.48. The Bertz CT molecular complexity index is 473. The van der Waals surface area contributed by atoms with E-state index >= 15 is 0 Å². The van der Waals surface area contributed by atoms with Crippen molar-refractivity contribution in [3.8, 4) is 0 Å². The maximum absolute atomic E-state index is 13.3. The summed E-state index contributed by atoms with van der Waals surface area (Å²) in [6.07, 6.45) is 3.21. The van der Waals surface area contributed by atoms with Gasteiger partial charge in [-0.2, -0.15) is 0 Å². The number of likely N-dealkylation sites (tertiary alicyclic amines) is 1. The summed E-state index contributed by atoms with van der Waals surface area (Å²) in [5, 5.41) is 12.6. The lowest BCUT2D eigenvalue weighted by atomic mass is 9.94. The molecule has 26 heavy (non-hydrogen) atoms. The number of nitrogens with one attached hydrogen (secondary N) is 1. The third kappa shape index (κ3) is 5.43. The van der Waals surface area contributed by atoms with Gasteiger partial charge in [0.25, 0.3) is 0 Å². The first-order chi connectivity index (χ1) is 12.3. The van der Waals surface area contributed by atoms with E-state index in [0.717, 1.165) is 25.8 Å². The Labute approximate surface area is 158 Å². The summed E-state index contributed by atoms with van der Waals surface area (Å²) in [4.78, 5) is 30.0. The molecule has 2 aliphatic heterocycles. The Kier molecular flexibility index (Phi) is 7.89. The molecule has 2 saturated heterocycles. The summed E-state index contributed by atoms with van der Waals surface area (Å²) >= 11 is 0. The van der Waals surface area contributed by atoms with Crippen LogP contribution in [0.1, 0.15) is 53.4 Å². The van der Waals surface area contributed by atoms with E-state index in [1.165, 1.54) is 0 Å². The fourth-order valence-electron chi connectivity index (χ4n) is 4.08. The van der Waals surface area contributed by atoms with Gasteiger partial charge in [-0.25, -0.2) is 0 Å². The van der Waals surface area contributed by atoms with Crippen molar-refractivity contribution in [3.63, 3.8) is 0 Å². The first-order valence-electron chi connectivity index (χ1n) is 10.3. The predicted molar refractivity (Wildman–Crippen MR) is 103 cm³/mol. The van der Waals surface area contributed by atoms with E-state index in [-0.39, 0.29) is 30.5 Å². The molecule has 2 rings (SSSR count). The molecule has 2 aliphatic rings. The maximum Gasteiger partial charge on any atom is 0.245 e. The molecule has 0 bridgehead atoms. The number of hydrogen-bond acceptors (Lipinski definition) is 4. The fourth-order valence-corrected chi connectivity index (χ4v) is 4.08. The lowest BCUT2D eigenvalue weighted by molar-refractivity contribution is -0.150. The molecular formula is C20H37N3O3. The molecule has 0 radical (unpaired) electrons. The quantitative estimate of drug-likeness (QED) is 0.715. The van der Waals surface area contributed by atoms with Crippen LogP contribution < -0.4 is 5.32 Å². The second-order valence-corrected chi connectivity index (χ2v) is 8.76. The van der Waals surface area contributed by atoms with E-state index in [2.05, 4.69) is 33.0 Å². The number of amides is 2. The average Bonchev–Trinajstić information content (AvgIpc) is 2.61. The van der Waals surface area contributed by atoms with Gasteiger partial charge in [0.2, 0.25) is 11.8 Å². The van der Waals surface area contributed by atoms with E-state index in [0.29, 0.717) is 43.8 Å². The molecule has 0 spiro atoms. The topological polar surface area (TPSA) is 72.9 Å². The summed E-state index contributed by atoms with van der Waals surface area (Å²) in [6, 6.07) is -0.531. The zero-order valence-corrected chi connectivity index (χ0v) is 16.9. The van der Waals surface area contributed by atoms with Gasteiger partial charge in [0.1, 0.15) is 6.04 Å². The number of piperazine rings is 1. The Morgan fingerprint density at radius 2 is 1.81 bits per heavy atom. The zero-order valence-electron chi connectivity index (χ0n) is 16.9. The van der Waals surface area contributed by atoms with Gasteiger partial charge >= 0.3 is 0 Å². The molecule has 6 heteroatoms. The van der Waals surface area contributed by atoms with Crippen LogP contribution in [0.2, 0.25) is 0 Å². The molecule has 150 valence electrons. The van der Waals surface area contributed by atoms with E-state index in [1.807, 2.05) is 9.80 Å². The summed E-state index contributed by atoms with van der Waals surface area (Å²) < 4.78 is 0. The summed E-state index contributed by atoms with van der Waals surface area (Å²) in [7, 11) is 0. The highest BCUT2D eigenvalue weighted by Crippen LogP contribution is 2.23. The van der Waals surface area contributed by atoms with Gasteiger partial charge in [-0.15, -0.1) is 0 Å². The summed E-state index contributed by atoms with van der Waals surface area (Å²) in [6.45, 7) is 11.4. The van der Waals surface area contributed by atoms with Crippen LogP contribution in [-0.4, -0.2) is 71.6 Å². The van der Waals surface area contributed by atoms with Crippen molar-refractivity contribution in [1.82, 2.24) is 15.1 Å². The van der Waals surface area contributed by atoms with Gasteiger partial charge in [-0.1, -0.05) is 27.7 Å². The van der Waals surface area contributed by atoms with Gasteiger partial charge < -0.3 is 20.2 Å². The van der Waals surface area contributed by atoms with Crippen LogP contribution in [0.15, 0.2) is 0 Å². The van der Waals surface area contributed by atoms with Crippen molar-refractivity contribution < 1.29 is 14.7 Å². The second-order valence-electron chi connectivity index (χ2n) is 8.76. The SMILES string of the molecule is CC(C)CC(C(=O)N1CCC(CO)CC1)N1CCN[C@@H](CC(C)C)C1=O. The van der Waals surface area contributed by atoms with Gasteiger partial charge in [-0.3, -0.25) is 9.59 Å². The van der Waals surface area contributed by atoms with Crippen molar-refractivity contribution in [2.24, 2.45) is 17.8 Å². The number of carbonyl (C=O) groups excluding carboxylic acids is 2. The number of aliphatic hydroxyl groups is 1. The number of carbonyl (C=O) groups is 2. The minimum absolute atomic E-state index is 0.0780. The molecule has 0 aromatic rings. The minimum Gasteiger partial charge on any atom is -0.396 e. The van der Waals surface area contributed by atoms with E-state index in [4.69, 9.17) is 0 Å². The lowest BCUT2D eigenvalue weighted by Crippen LogP contribution is -2.62. The van der Waals surface area contributed by atoms with Crippen molar-refractivity contribution in [2.75, 3.05) is 32.8 Å². The van der Waals surface area contributed by atoms with Crippen LogP contribution >= 0.6 is 0 Å². The molecule has 2 amide bonds. The Morgan fingerprint density at radius 3 is 2.35 bits per heavy atom. The first kappa shape index (κ1) is 21.2. The Balaban J connectivity index is 2.10. The van der Waals surface area contributed by atoms with E-state index in [1.54, 1.807) is 0 Å². The molecule has 0 saturated carbocycles. The molecule has 1 unspecified atom stereocenters. The minimum atomic E-state index is -0.357. The molecule has 6 nitrogen and oxygen atoms in total. The van der Waals surface area contributed by atoms with Crippen LogP contribution in [0.3, 0.4) is 0 Å². The van der Waals surface area contributed by atoms with Crippen LogP contribution in [-0.2, 0) is 9.59 Å². The summed E-state index contributed by atoms with van der Waals surface area (Å²) in [5.74, 6) is 1.26. The van der Waals surface area contributed by atoms with Gasteiger partial charge in [0.05, 0.1) is 6.04 Å². The number of aliphatic hydroxyl groups excluding tert-OH is 1. The number of hydrogen-bond donors (Lipinski definition) is 2. The third-order valence-corrected chi connectivity index (χ3v) is 5.57. The van der Waals surface area contributed by atoms with Gasteiger partial charge in [0.15, 0.2) is 0 Å². The number of rotatable bonds is 7. The monoisotopic (exact) mass is 367 g/mol. The van der Waals surface area contributed by atoms with Crippen LogP contribution in [0.25, 0.3) is 0 Å². The summed E-state index contributed by atoms with van der Waals surface area (Å²) in [5.41, 5.74) is 0. The molecule has 2 fully saturated rings. The largest absolute Gasteiger partial charge is 0.396 e. The Hall–Kier alpha value is -1.14. The third-order valence-electron chi connectivity index (χ3n) is 5.57. The number of nitrogens with zero attached hydrogens (tertiary/aromatic N) is 2. The normalized spacial score (nSPS) is 23.8. The number of piperidine rings is 1. The second kappa shape index (κ2) is 9.70. The molecule has 0 aliphatic carbocycles. The maximum atomic E-state index is 13.3. The van der Waals surface area contributed by atoms with Crippen molar-refractivity contribution >= 4 is 11.8 Å². The smallest absolute Gasteiger partial charge is 0.245 e. The van der Waals surface area contributed by atoms with E-state index in [9.17, 15) is 14.7 Å². The highest BCUT2D eigenvalue weighted by atomic mass is 16.3. The molecule has 2 N–H and O–H groups in total. The van der Waals surface area contributed by atoms with E-state index < -0.39 is 0 Å². The van der Waals surface area contributed by atoms with Crippen LogP contribution in [0.5, 0.6) is 0 Å². The van der Waals surface area contributed by atoms with Crippen LogP contribution in [0, 0.1) is 17.8 Å². The highest BCUT2D eigenvalue weighted by molar-refractivity contribution is 5.90. The zero-order chi connectivity index (χ0) is 19.3. The fraction of sp³-hybridized carbons (Fsp3) is 0.900. The van der Waals surface area contributed by atoms with Gasteiger partial charge in [-0.05, 0) is 43.4 Å². The molecule has 2 atom stereocenters. The Morgan fingerprint density at radius 1 is 1.15 bits per heavy atom. The van der Waals surface area contributed by atoms with Crippen molar-refractivity contribution in [2.45, 2.75) is 65.5 Å². The molecule has 0 aromatic carbocycles.